The Hall–Kier alpha value is -2.06. The van der Waals surface area contributed by atoms with Crippen molar-refractivity contribution >= 4 is 23.0 Å². The molecule has 1 aliphatic rings. The van der Waals surface area contributed by atoms with Gasteiger partial charge in [0.05, 0.1) is 5.57 Å². The number of hydrogen-bond donors (Lipinski definition) is 1. The largest absolute Gasteiger partial charge is 0.511 e. The van der Waals surface area contributed by atoms with Crippen LogP contribution in [0.4, 0.5) is 0 Å². The number of aliphatic hydroxyl groups is 1. The molecule has 0 heterocycles. The second-order valence-electron chi connectivity index (χ2n) is 9.68. The molecule has 2 unspecified atom stereocenters. The summed E-state index contributed by atoms with van der Waals surface area (Å²) in [5, 5.41) is 12.1. The highest BCUT2D eigenvalue weighted by atomic mass is 35.5. The number of halogens is 1. The van der Waals surface area contributed by atoms with E-state index in [1.54, 1.807) is 6.92 Å². The number of carbonyl (C=O) groups is 1. The fraction of sp³-hybridized carbons (Fsp3) is 0.444. The predicted octanol–water partition coefficient (Wildman–Crippen LogP) is 7.94. The molecule has 0 aromatic heterocycles. The summed E-state index contributed by atoms with van der Waals surface area (Å²) in [5.74, 6) is 1.24. The van der Waals surface area contributed by atoms with Crippen LogP contribution >= 0.6 is 11.6 Å². The second kappa shape index (κ2) is 8.59. The van der Waals surface area contributed by atoms with Crippen molar-refractivity contribution in [3.8, 4) is 11.1 Å². The van der Waals surface area contributed by atoms with Crippen LogP contribution in [0.5, 0.6) is 0 Å². The van der Waals surface area contributed by atoms with E-state index in [2.05, 4.69) is 26.8 Å². The number of ketones is 1. The fourth-order valence-electron chi connectivity index (χ4n) is 5.48. The minimum Gasteiger partial charge on any atom is -0.511 e. The lowest BCUT2D eigenvalue weighted by Crippen LogP contribution is -2.32. The summed E-state index contributed by atoms with van der Waals surface area (Å²) in [6.07, 6.45) is 2.98. The average molecular weight is 425 g/mol. The van der Waals surface area contributed by atoms with Gasteiger partial charge in [0.2, 0.25) is 0 Å². The number of allylic oxidation sites excluding steroid dienone is 2. The molecular weight excluding hydrogens is 392 g/mol. The van der Waals surface area contributed by atoms with Gasteiger partial charge in [0.25, 0.3) is 0 Å². The van der Waals surface area contributed by atoms with Crippen molar-refractivity contribution in [2.75, 3.05) is 0 Å². The summed E-state index contributed by atoms with van der Waals surface area (Å²) in [5.41, 5.74) is 5.20. The monoisotopic (exact) mass is 424 g/mol. The summed E-state index contributed by atoms with van der Waals surface area (Å²) < 4.78 is 0. The summed E-state index contributed by atoms with van der Waals surface area (Å²) in [6.45, 7) is 12.2. The highest BCUT2D eigenvalue weighted by Gasteiger charge is 2.39. The maximum Gasteiger partial charge on any atom is 0.163 e. The van der Waals surface area contributed by atoms with Crippen LogP contribution in [-0.4, -0.2) is 10.9 Å². The molecule has 0 spiro atoms. The minimum absolute atomic E-state index is 0.0821. The van der Waals surface area contributed by atoms with Gasteiger partial charge in [-0.15, -0.1) is 0 Å². The van der Waals surface area contributed by atoms with Crippen LogP contribution in [0.25, 0.3) is 16.7 Å². The standard InChI is InChI=1S/C27H33ClO2/c1-16-11-17(2)15-27(6,14-16)26(30)25(20(5)29)24-13-18(3)23(12-19(24)4)21-7-9-22(28)10-8-21/h7-10,12-13,16-17,30H,11,14-15H2,1-6H3/b26-25-. The van der Waals surface area contributed by atoms with Gasteiger partial charge in [-0.3, -0.25) is 4.79 Å². The molecule has 0 amide bonds. The Morgan fingerprint density at radius 3 is 2.13 bits per heavy atom. The molecule has 2 nitrogen and oxygen atoms in total. The minimum atomic E-state index is -0.368. The van der Waals surface area contributed by atoms with Gasteiger partial charge >= 0.3 is 0 Å². The third-order valence-corrected chi connectivity index (χ3v) is 6.81. The van der Waals surface area contributed by atoms with Gasteiger partial charge in [-0.2, -0.15) is 0 Å². The molecule has 0 aliphatic heterocycles. The van der Waals surface area contributed by atoms with E-state index in [0.717, 1.165) is 40.7 Å². The van der Waals surface area contributed by atoms with E-state index >= 15 is 0 Å². The third kappa shape index (κ3) is 4.49. The van der Waals surface area contributed by atoms with E-state index in [1.807, 2.05) is 44.2 Å². The Balaban J connectivity index is 2.13. The Kier molecular flexibility index (Phi) is 6.48. The van der Waals surface area contributed by atoms with E-state index in [4.69, 9.17) is 11.6 Å². The summed E-state index contributed by atoms with van der Waals surface area (Å²) in [7, 11) is 0. The maximum absolute atomic E-state index is 12.8. The number of benzene rings is 2. The lowest BCUT2D eigenvalue weighted by molar-refractivity contribution is -0.112. The highest BCUT2D eigenvalue weighted by molar-refractivity contribution is 6.30. The quantitative estimate of drug-likeness (QED) is 0.399. The number of aliphatic hydroxyl groups excluding tert-OH is 1. The van der Waals surface area contributed by atoms with E-state index in [0.29, 0.717) is 22.4 Å². The predicted molar refractivity (Wildman–Crippen MR) is 127 cm³/mol. The Morgan fingerprint density at radius 1 is 1.03 bits per heavy atom. The van der Waals surface area contributed by atoms with Crippen LogP contribution < -0.4 is 0 Å². The number of carbonyl (C=O) groups excluding carboxylic acids is 1. The van der Waals surface area contributed by atoms with Gasteiger partial charge in [0, 0.05) is 10.4 Å². The maximum atomic E-state index is 12.8. The number of hydrogen-bond acceptors (Lipinski definition) is 2. The number of aryl methyl sites for hydroxylation is 2. The van der Waals surface area contributed by atoms with Crippen molar-refractivity contribution in [1.29, 1.82) is 0 Å². The summed E-state index contributed by atoms with van der Waals surface area (Å²) in [6, 6.07) is 11.9. The molecular formula is C27H33ClO2. The van der Waals surface area contributed by atoms with Crippen molar-refractivity contribution < 1.29 is 9.90 Å². The molecule has 2 atom stereocenters. The van der Waals surface area contributed by atoms with Crippen LogP contribution in [0, 0.1) is 31.1 Å². The normalized spacial score (nSPS) is 25.0. The average Bonchev–Trinajstić information content (AvgIpc) is 2.63. The van der Waals surface area contributed by atoms with Crippen molar-refractivity contribution in [2.24, 2.45) is 17.3 Å². The van der Waals surface area contributed by atoms with Crippen molar-refractivity contribution in [3.05, 3.63) is 63.9 Å². The van der Waals surface area contributed by atoms with Gasteiger partial charge in [-0.05, 0) is 91.8 Å². The zero-order chi connectivity index (χ0) is 22.2. The van der Waals surface area contributed by atoms with E-state index in [9.17, 15) is 9.90 Å². The van der Waals surface area contributed by atoms with Crippen LogP contribution in [0.3, 0.4) is 0 Å². The second-order valence-corrected chi connectivity index (χ2v) is 10.1. The van der Waals surface area contributed by atoms with Gasteiger partial charge in [0.1, 0.15) is 5.76 Å². The summed E-state index contributed by atoms with van der Waals surface area (Å²) in [4.78, 5) is 12.8. The molecule has 30 heavy (non-hydrogen) atoms. The molecule has 1 saturated carbocycles. The Morgan fingerprint density at radius 2 is 1.60 bits per heavy atom. The molecule has 1 aliphatic carbocycles. The first kappa shape index (κ1) is 22.6. The molecule has 0 bridgehead atoms. The highest BCUT2D eigenvalue weighted by Crippen LogP contribution is 2.48. The number of Topliss-reactive ketones (excluding diaryl/α,β-unsaturated/α-hetero) is 1. The van der Waals surface area contributed by atoms with Crippen molar-refractivity contribution in [2.45, 2.75) is 60.8 Å². The molecule has 3 heteroatoms. The molecule has 1 fully saturated rings. The molecule has 160 valence electrons. The van der Waals surface area contributed by atoms with E-state index < -0.39 is 0 Å². The van der Waals surface area contributed by atoms with Crippen LogP contribution in [0.1, 0.15) is 63.6 Å². The van der Waals surface area contributed by atoms with E-state index in [1.165, 1.54) is 6.42 Å². The van der Waals surface area contributed by atoms with Crippen LogP contribution in [-0.2, 0) is 4.79 Å². The Labute approximate surface area is 186 Å². The molecule has 0 radical (unpaired) electrons. The molecule has 1 N–H and O–H groups in total. The number of rotatable bonds is 4. The first-order valence-electron chi connectivity index (χ1n) is 10.8. The zero-order valence-electron chi connectivity index (χ0n) is 19.0. The lowest BCUT2D eigenvalue weighted by Gasteiger charge is -2.40. The SMILES string of the molecule is CC(=O)/C(=C(/O)C1(C)CC(C)CC(C)C1)c1cc(C)c(-c2ccc(Cl)cc2)cc1C. The molecule has 2 aromatic carbocycles. The fourth-order valence-corrected chi connectivity index (χ4v) is 5.61. The Bertz CT molecular complexity index is 975. The third-order valence-electron chi connectivity index (χ3n) is 6.56. The zero-order valence-corrected chi connectivity index (χ0v) is 19.7. The first-order valence-corrected chi connectivity index (χ1v) is 11.2. The van der Waals surface area contributed by atoms with Gasteiger partial charge in [0.15, 0.2) is 5.78 Å². The van der Waals surface area contributed by atoms with Gasteiger partial charge in [-0.1, -0.05) is 56.6 Å². The molecule has 0 saturated heterocycles. The molecule has 3 rings (SSSR count). The smallest absolute Gasteiger partial charge is 0.163 e. The molecule has 2 aromatic rings. The van der Waals surface area contributed by atoms with Gasteiger partial charge < -0.3 is 5.11 Å². The first-order chi connectivity index (χ1) is 14.0. The van der Waals surface area contributed by atoms with Gasteiger partial charge in [-0.25, -0.2) is 0 Å². The van der Waals surface area contributed by atoms with E-state index in [-0.39, 0.29) is 17.0 Å². The van der Waals surface area contributed by atoms with Crippen LogP contribution in [0.2, 0.25) is 5.02 Å². The lowest BCUT2D eigenvalue weighted by atomic mass is 9.65. The van der Waals surface area contributed by atoms with Crippen molar-refractivity contribution in [1.82, 2.24) is 0 Å². The van der Waals surface area contributed by atoms with Crippen LogP contribution in [0.15, 0.2) is 42.2 Å². The topological polar surface area (TPSA) is 37.3 Å². The summed E-state index contributed by atoms with van der Waals surface area (Å²) >= 11 is 6.04. The van der Waals surface area contributed by atoms with Crippen molar-refractivity contribution in [3.63, 3.8) is 0 Å².